The maximum atomic E-state index is 12.5. The van der Waals surface area contributed by atoms with Crippen molar-refractivity contribution in [2.45, 2.75) is 59.4 Å². The van der Waals surface area contributed by atoms with Crippen LogP contribution in [0.5, 0.6) is 11.5 Å². The molecule has 0 spiro atoms. The highest BCUT2D eigenvalue weighted by atomic mass is 19.3. The Kier molecular flexibility index (Phi) is 10.6. The highest BCUT2D eigenvalue weighted by Gasteiger charge is 2.13. The molecule has 0 unspecified atom stereocenters. The van der Waals surface area contributed by atoms with Crippen LogP contribution in [0, 0.1) is 0 Å². The molecular formula is C20H34F2N4O2. The molecule has 0 aliphatic rings. The number of hydrogen-bond acceptors (Lipinski definition) is 4. The fraction of sp³-hybridized carbons (Fsp3) is 0.650. The summed E-state index contributed by atoms with van der Waals surface area (Å²) in [5.74, 6) is 0.946. The average Bonchev–Trinajstić information content (AvgIpc) is 2.63. The van der Waals surface area contributed by atoms with Crippen molar-refractivity contribution in [3.05, 3.63) is 23.8 Å². The lowest BCUT2D eigenvalue weighted by Gasteiger charge is -2.30. The monoisotopic (exact) mass is 400 g/mol. The zero-order valence-electron chi connectivity index (χ0n) is 17.8. The van der Waals surface area contributed by atoms with E-state index in [1.807, 2.05) is 0 Å². The van der Waals surface area contributed by atoms with Gasteiger partial charge in [-0.05, 0) is 51.8 Å². The van der Waals surface area contributed by atoms with Crippen LogP contribution in [0.1, 0.15) is 39.7 Å². The van der Waals surface area contributed by atoms with Crippen LogP contribution in [0.15, 0.2) is 23.2 Å². The first-order valence-electron chi connectivity index (χ1n) is 9.60. The van der Waals surface area contributed by atoms with Crippen LogP contribution < -0.4 is 20.1 Å². The van der Waals surface area contributed by atoms with Crippen LogP contribution in [0.3, 0.4) is 0 Å². The number of guanidine groups is 1. The van der Waals surface area contributed by atoms with Gasteiger partial charge in [0.25, 0.3) is 0 Å². The first-order valence-corrected chi connectivity index (χ1v) is 9.60. The molecule has 6 nitrogen and oxygen atoms in total. The standard InChI is InChI=1S/C20H34F2N4O2/c1-14(2)26(15(3)4)11-7-10-24-20(23-5)25-13-16-8-9-17(27-6)18(12-16)28-19(21)22/h8-9,12,14-15,19H,7,10-11,13H2,1-6H3,(H2,23,24,25). The van der Waals surface area contributed by atoms with Gasteiger partial charge in [-0.1, -0.05) is 6.07 Å². The lowest BCUT2D eigenvalue weighted by Crippen LogP contribution is -2.41. The Morgan fingerprint density at radius 1 is 1.11 bits per heavy atom. The molecule has 2 N–H and O–H groups in total. The smallest absolute Gasteiger partial charge is 0.387 e. The largest absolute Gasteiger partial charge is 0.493 e. The third-order valence-electron chi connectivity index (χ3n) is 4.34. The third-order valence-corrected chi connectivity index (χ3v) is 4.34. The quantitative estimate of drug-likeness (QED) is 0.338. The summed E-state index contributed by atoms with van der Waals surface area (Å²) < 4.78 is 34.6. The lowest BCUT2D eigenvalue weighted by atomic mass is 10.2. The number of halogens is 2. The first-order chi connectivity index (χ1) is 13.3. The zero-order valence-corrected chi connectivity index (χ0v) is 17.8. The highest BCUT2D eigenvalue weighted by molar-refractivity contribution is 5.79. The molecule has 0 aliphatic heterocycles. The number of methoxy groups -OCH3 is 1. The number of nitrogens with zero attached hydrogens (tertiary/aromatic N) is 2. The molecular weight excluding hydrogens is 366 g/mol. The predicted molar refractivity (Wildman–Crippen MR) is 109 cm³/mol. The van der Waals surface area contributed by atoms with Crippen molar-refractivity contribution in [1.82, 2.24) is 15.5 Å². The molecule has 8 heteroatoms. The van der Waals surface area contributed by atoms with Gasteiger partial charge in [0, 0.05) is 38.8 Å². The molecule has 28 heavy (non-hydrogen) atoms. The minimum absolute atomic E-state index is 0.0159. The van der Waals surface area contributed by atoms with E-state index in [1.165, 1.54) is 13.2 Å². The molecule has 0 radical (unpaired) electrons. The molecule has 0 aliphatic carbocycles. The second-order valence-corrected chi connectivity index (χ2v) is 7.00. The molecule has 0 fully saturated rings. The molecule has 1 aromatic carbocycles. The van der Waals surface area contributed by atoms with E-state index in [1.54, 1.807) is 19.2 Å². The Morgan fingerprint density at radius 3 is 2.32 bits per heavy atom. The maximum Gasteiger partial charge on any atom is 0.387 e. The summed E-state index contributed by atoms with van der Waals surface area (Å²) in [7, 11) is 3.11. The summed E-state index contributed by atoms with van der Waals surface area (Å²) in [5.41, 5.74) is 0.783. The number of nitrogens with one attached hydrogen (secondary N) is 2. The van der Waals surface area contributed by atoms with E-state index < -0.39 is 6.61 Å². The fourth-order valence-corrected chi connectivity index (χ4v) is 3.01. The van der Waals surface area contributed by atoms with Crippen LogP contribution in [0.4, 0.5) is 8.78 Å². The number of rotatable bonds is 11. The van der Waals surface area contributed by atoms with Crippen LogP contribution in [-0.4, -0.2) is 56.8 Å². The van der Waals surface area contributed by atoms with E-state index in [-0.39, 0.29) is 11.5 Å². The van der Waals surface area contributed by atoms with Gasteiger partial charge in [0.1, 0.15) is 0 Å². The molecule has 0 heterocycles. The van der Waals surface area contributed by atoms with E-state index in [9.17, 15) is 8.78 Å². The van der Waals surface area contributed by atoms with E-state index in [4.69, 9.17) is 4.74 Å². The van der Waals surface area contributed by atoms with E-state index in [2.05, 4.69) is 53.0 Å². The normalized spacial score (nSPS) is 12.2. The second-order valence-electron chi connectivity index (χ2n) is 7.00. The highest BCUT2D eigenvalue weighted by Crippen LogP contribution is 2.29. The van der Waals surface area contributed by atoms with Gasteiger partial charge < -0.3 is 20.1 Å². The van der Waals surface area contributed by atoms with E-state index in [0.29, 0.717) is 24.6 Å². The molecule has 1 aromatic rings. The second kappa shape index (κ2) is 12.4. The van der Waals surface area contributed by atoms with Gasteiger partial charge >= 0.3 is 6.61 Å². The topological polar surface area (TPSA) is 58.1 Å². The van der Waals surface area contributed by atoms with Crippen molar-refractivity contribution in [2.24, 2.45) is 4.99 Å². The van der Waals surface area contributed by atoms with E-state index in [0.717, 1.165) is 25.1 Å². The summed E-state index contributed by atoms with van der Waals surface area (Å²) in [5, 5.41) is 6.46. The molecule has 0 saturated heterocycles. The zero-order chi connectivity index (χ0) is 21.1. The van der Waals surface area contributed by atoms with Gasteiger partial charge in [-0.3, -0.25) is 9.89 Å². The van der Waals surface area contributed by atoms with Crippen molar-refractivity contribution in [1.29, 1.82) is 0 Å². The predicted octanol–water partition coefficient (Wildman–Crippen LogP) is 3.47. The van der Waals surface area contributed by atoms with Gasteiger partial charge in [0.15, 0.2) is 17.5 Å². The molecule has 0 amide bonds. The Bertz CT molecular complexity index is 602. The minimum atomic E-state index is -2.90. The van der Waals surface area contributed by atoms with Gasteiger partial charge in [0.2, 0.25) is 0 Å². The summed E-state index contributed by atoms with van der Waals surface area (Å²) in [6, 6.07) is 5.96. The Morgan fingerprint density at radius 2 is 1.79 bits per heavy atom. The van der Waals surface area contributed by atoms with Crippen molar-refractivity contribution in [3.8, 4) is 11.5 Å². The molecule has 0 bridgehead atoms. The Hall–Kier alpha value is -2.09. The van der Waals surface area contributed by atoms with Gasteiger partial charge in [-0.15, -0.1) is 0 Å². The molecule has 0 aromatic heterocycles. The van der Waals surface area contributed by atoms with Crippen LogP contribution in [0.25, 0.3) is 0 Å². The number of alkyl halides is 2. The fourth-order valence-electron chi connectivity index (χ4n) is 3.01. The molecule has 0 saturated carbocycles. The first kappa shape index (κ1) is 23.9. The lowest BCUT2D eigenvalue weighted by molar-refractivity contribution is -0.0512. The Labute approximate surface area is 167 Å². The minimum Gasteiger partial charge on any atom is -0.493 e. The molecule has 1 rings (SSSR count). The van der Waals surface area contributed by atoms with Crippen LogP contribution in [-0.2, 0) is 6.54 Å². The van der Waals surface area contributed by atoms with Crippen molar-refractivity contribution >= 4 is 5.96 Å². The number of benzene rings is 1. The van der Waals surface area contributed by atoms with Crippen molar-refractivity contribution in [3.63, 3.8) is 0 Å². The van der Waals surface area contributed by atoms with Gasteiger partial charge in [-0.25, -0.2) is 0 Å². The van der Waals surface area contributed by atoms with Crippen molar-refractivity contribution in [2.75, 3.05) is 27.2 Å². The van der Waals surface area contributed by atoms with Crippen molar-refractivity contribution < 1.29 is 18.3 Å². The van der Waals surface area contributed by atoms with Gasteiger partial charge in [-0.2, -0.15) is 8.78 Å². The van der Waals surface area contributed by atoms with Gasteiger partial charge in [0.05, 0.1) is 7.11 Å². The maximum absolute atomic E-state index is 12.5. The third kappa shape index (κ3) is 8.29. The van der Waals surface area contributed by atoms with E-state index >= 15 is 0 Å². The SMILES string of the molecule is CN=C(NCCCN(C(C)C)C(C)C)NCc1ccc(OC)c(OC(F)F)c1. The number of hydrogen-bond donors (Lipinski definition) is 2. The summed E-state index contributed by atoms with van der Waals surface area (Å²) >= 11 is 0. The van der Waals surface area contributed by atoms with Crippen LogP contribution >= 0.6 is 0 Å². The molecule has 0 atom stereocenters. The molecule has 160 valence electrons. The van der Waals surface area contributed by atoms with Crippen LogP contribution in [0.2, 0.25) is 0 Å². The summed E-state index contributed by atoms with van der Waals surface area (Å²) in [6.07, 6.45) is 0.992. The Balaban J connectivity index is 2.52. The number of ether oxygens (including phenoxy) is 2. The summed E-state index contributed by atoms with van der Waals surface area (Å²) in [4.78, 5) is 6.64. The summed E-state index contributed by atoms with van der Waals surface area (Å²) in [6.45, 7) is 8.13. The number of aliphatic imine (C=N–C) groups is 1. The average molecular weight is 401 g/mol.